The molecule has 26 valence electrons. The van der Waals surface area contributed by atoms with Crippen LogP contribution in [0.5, 0.6) is 0 Å². The van der Waals surface area contributed by atoms with Gasteiger partial charge in [0.05, 0.1) is 0 Å². The summed E-state index contributed by atoms with van der Waals surface area (Å²) in [6.07, 6.45) is 0. The molecular formula is CClCoO. The molecule has 0 aromatic rings. The van der Waals surface area contributed by atoms with Gasteiger partial charge in [0.25, 0.3) is 0 Å². The van der Waals surface area contributed by atoms with Crippen LogP contribution < -0.4 is 0 Å². The second-order valence-corrected chi connectivity index (χ2v) is 1.06. The van der Waals surface area contributed by atoms with Crippen molar-refractivity contribution in [1.82, 2.24) is 0 Å². The predicted molar refractivity (Wildman–Crippen MR) is 11.5 cm³/mol. The zero-order valence-corrected chi connectivity index (χ0v) is 3.42. The standard InChI is InChI=1S/CO.ClH.Co/c1-2;;/h;1H;/q;;+1/p-1. The molecule has 0 spiro atoms. The fraction of sp³-hybridized carbons (Fsp3) is 0. The number of carbonyl (C=O) groups excluding carboxylic acids is 1. The van der Waals surface area contributed by atoms with Crippen molar-refractivity contribution in [1.29, 1.82) is 0 Å². The van der Waals surface area contributed by atoms with Gasteiger partial charge < -0.3 is 0 Å². The first-order valence-corrected chi connectivity index (χ1v) is 2.45. The molecule has 4 heavy (non-hydrogen) atoms. The van der Waals surface area contributed by atoms with E-state index in [4.69, 9.17) is 14.9 Å². The minimum atomic E-state index is 0.188. The first kappa shape index (κ1) is 4.38. The van der Waals surface area contributed by atoms with Crippen molar-refractivity contribution < 1.29 is 18.2 Å². The number of hydrogen-bond donors (Lipinski definition) is 0. The van der Waals surface area contributed by atoms with Crippen LogP contribution in [0.25, 0.3) is 0 Å². The Morgan fingerprint density at radius 2 is 2.25 bits per heavy atom. The van der Waals surface area contributed by atoms with Crippen LogP contribution in [0.1, 0.15) is 0 Å². The zero-order chi connectivity index (χ0) is 3.41. The van der Waals surface area contributed by atoms with Crippen molar-refractivity contribution in [2.45, 2.75) is 0 Å². The van der Waals surface area contributed by atoms with Gasteiger partial charge in [-0.15, -0.1) is 0 Å². The fourth-order valence-electron chi connectivity index (χ4n) is 0. The van der Waals surface area contributed by atoms with Crippen LogP contribution in [0.2, 0.25) is 0 Å². The molecule has 0 aliphatic heterocycles. The Hall–Kier alpha value is 0.376. The number of rotatable bonds is 0. The van der Waals surface area contributed by atoms with Crippen molar-refractivity contribution >= 4 is 15.0 Å². The molecule has 0 fully saturated rings. The average molecular weight is 122 g/mol. The Morgan fingerprint density at radius 3 is 2.25 bits per heavy atom. The summed E-state index contributed by atoms with van der Waals surface area (Å²) in [5, 5.41) is 0. The minimum absolute atomic E-state index is 0.188. The molecule has 0 radical (unpaired) electrons. The summed E-state index contributed by atoms with van der Waals surface area (Å²) in [6, 6.07) is 0. The molecule has 0 aromatic carbocycles. The summed E-state index contributed by atoms with van der Waals surface area (Å²) in [5.41, 5.74) is 0. The van der Waals surface area contributed by atoms with E-state index in [1.807, 2.05) is 0 Å². The fourth-order valence-corrected chi connectivity index (χ4v) is 0. The normalized spacial score (nSPS) is 6.25. The molecule has 0 atom stereocenters. The topological polar surface area (TPSA) is 17.1 Å². The second kappa shape index (κ2) is 3.38. The molecule has 0 amide bonds. The third-order valence-corrected chi connectivity index (χ3v) is 0.318. The zero-order valence-electron chi connectivity index (χ0n) is 1.62. The molecule has 0 bridgehead atoms. The third kappa shape index (κ3) is 2.38. The third-order valence-electron chi connectivity index (χ3n) is 0.0257. The predicted octanol–water partition coefficient (Wildman–Crippen LogP) is 0.290. The van der Waals surface area contributed by atoms with Crippen molar-refractivity contribution in [2.75, 3.05) is 0 Å². The van der Waals surface area contributed by atoms with Gasteiger partial charge in [0.15, 0.2) is 0 Å². The Bertz CT molecular complexity index is 46.0. The Morgan fingerprint density at radius 1 is 2.00 bits per heavy atom. The van der Waals surface area contributed by atoms with Crippen molar-refractivity contribution in [3.05, 3.63) is 0 Å². The van der Waals surface area contributed by atoms with Gasteiger partial charge in [-0.05, 0) is 0 Å². The van der Waals surface area contributed by atoms with Crippen LogP contribution in [-0.4, -0.2) is 4.82 Å². The monoisotopic (exact) mass is 122 g/mol. The summed E-state index contributed by atoms with van der Waals surface area (Å²) in [4.78, 5) is 10.3. The quantitative estimate of drug-likeness (QED) is 0.451. The molecule has 0 rings (SSSR count). The van der Waals surface area contributed by atoms with Crippen LogP contribution in [-0.2, 0) is 18.2 Å². The van der Waals surface area contributed by atoms with Gasteiger partial charge in [-0.25, -0.2) is 0 Å². The summed E-state index contributed by atoms with van der Waals surface area (Å²) >= 11 is 0.188. The molecule has 0 heterocycles. The molecule has 0 unspecified atom stereocenters. The van der Waals surface area contributed by atoms with Crippen LogP contribution in [0.15, 0.2) is 0 Å². The molecule has 0 N–H and O–H groups in total. The SMILES string of the molecule is O=[C]=[Co][Cl]. The molecule has 0 saturated carbocycles. The van der Waals surface area contributed by atoms with Gasteiger partial charge in [0, 0.05) is 0 Å². The maximum absolute atomic E-state index is 8.90. The summed E-state index contributed by atoms with van der Waals surface area (Å²) in [5.74, 6) is 0. The summed E-state index contributed by atoms with van der Waals surface area (Å²) in [7, 11) is 4.73. The molecular weight excluding hydrogens is 122 g/mol. The maximum atomic E-state index is 8.90. The first-order chi connectivity index (χ1) is 1.91. The van der Waals surface area contributed by atoms with E-state index >= 15 is 0 Å². The second-order valence-electron chi connectivity index (χ2n) is 0.131. The van der Waals surface area contributed by atoms with Crippen LogP contribution in [0.3, 0.4) is 0 Å². The average Bonchev–Trinajstić information content (AvgIpc) is 1.37. The van der Waals surface area contributed by atoms with Crippen LogP contribution in [0.4, 0.5) is 0 Å². The Kier molecular flexibility index (Phi) is 3.69. The Balaban J connectivity index is 3.11. The summed E-state index contributed by atoms with van der Waals surface area (Å²) < 4.78 is 0. The van der Waals surface area contributed by atoms with E-state index in [0.717, 1.165) is 0 Å². The van der Waals surface area contributed by atoms with Gasteiger partial charge in [-0.1, -0.05) is 0 Å². The van der Waals surface area contributed by atoms with Gasteiger partial charge in [-0.2, -0.15) is 0 Å². The molecule has 0 aromatic heterocycles. The van der Waals surface area contributed by atoms with Gasteiger partial charge in [0.1, 0.15) is 0 Å². The molecule has 0 aliphatic carbocycles. The molecule has 0 saturated heterocycles. The number of halogens is 1. The van der Waals surface area contributed by atoms with E-state index in [9.17, 15) is 0 Å². The van der Waals surface area contributed by atoms with Gasteiger partial charge in [-0.3, -0.25) is 0 Å². The number of hydrogen-bond acceptors (Lipinski definition) is 1. The van der Waals surface area contributed by atoms with Crippen molar-refractivity contribution in [2.24, 2.45) is 0 Å². The molecule has 1 nitrogen and oxygen atoms in total. The molecule has 0 aliphatic rings. The van der Waals surface area contributed by atoms with Crippen molar-refractivity contribution in [3.8, 4) is 0 Å². The van der Waals surface area contributed by atoms with E-state index in [1.165, 1.54) is 4.82 Å². The van der Waals surface area contributed by atoms with E-state index in [-0.39, 0.29) is 13.4 Å². The van der Waals surface area contributed by atoms with E-state index in [2.05, 4.69) is 0 Å². The van der Waals surface area contributed by atoms with Crippen molar-refractivity contribution in [3.63, 3.8) is 0 Å². The van der Waals surface area contributed by atoms with Gasteiger partial charge in [0.2, 0.25) is 0 Å². The summed E-state index contributed by atoms with van der Waals surface area (Å²) in [6.45, 7) is 0. The van der Waals surface area contributed by atoms with Gasteiger partial charge >= 0.3 is 33.1 Å². The first-order valence-electron chi connectivity index (χ1n) is 0.497. The van der Waals surface area contributed by atoms with E-state index in [1.54, 1.807) is 0 Å². The molecule has 3 heteroatoms. The van der Waals surface area contributed by atoms with E-state index < -0.39 is 0 Å². The van der Waals surface area contributed by atoms with Crippen LogP contribution >= 0.6 is 10.1 Å². The Labute approximate surface area is 33.7 Å². The van der Waals surface area contributed by atoms with Crippen LogP contribution in [0, 0.1) is 0 Å². The van der Waals surface area contributed by atoms with E-state index in [0.29, 0.717) is 0 Å².